The molecule has 0 bridgehead atoms. The van der Waals surface area contributed by atoms with Crippen molar-refractivity contribution in [3.63, 3.8) is 0 Å². The maximum absolute atomic E-state index is 11.5. The van der Waals surface area contributed by atoms with E-state index in [1.54, 1.807) is 0 Å². The summed E-state index contributed by atoms with van der Waals surface area (Å²) in [6.45, 7) is 3.33. The van der Waals surface area contributed by atoms with Crippen LogP contribution in [-0.2, 0) is 14.3 Å². The SMILES string of the molecule is CCCOCC(=O)C1CCC(CN)O1. The fraction of sp³-hybridized carbons (Fsp3) is 0.900. The lowest BCUT2D eigenvalue weighted by molar-refractivity contribution is -0.134. The Kier molecular flexibility index (Phi) is 5.07. The Balaban J connectivity index is 2.18. The lowest BCUT2D eigenvalue weighted by Gasteiger charge is -2.11. The number of ether oxygens (including phenoxy) is 2. The molecule has 0 aliphatic carbocycles. The summed E-state index contributed by atoms with van der Waals surface area (Å²) in [6, 6.07) is 0. The summed E-state index contributed by atoms with van der Waals surface area (Å²) in [5, 5.41) is 0. The fourth-order valence-corrected chi connectivity index (χ4v) is 1.53. The van der Waals surface area contributed by atoms with Gasteiger partial charge in [-0.3, -0.25) is 4.79 Å². The minimum atomic E-state index is -0.277. The normalized spacial score (nSPS) is 26.7. The maximum Gasteiger partial charge on any atom is 0.187 e. The molecule has 1 aliphatic rings. The third-order valence-corrected chi connectivity index (χ3v) is 2.32. The van der Waals surface area contributed by atoms with Crippen LogP contribution in [0.5, 0.6) is 0 Å². The van der Waals surface area contributed by atoms with Crippen LogP contribution >= 0.6 is 0 Å². The van der Waals surface area contributed by atoms with Gasteiger partial charge >= 0.3 is 0 Å². The van der Waals surface area contributed by atoms with Crippen molar-refractivity contribution in [1.82, 2.24) is 0 Å². The Morgan fingerprint density at radius 1 is 1.57 bits per heavy atom. The van der Waals surface area contributed by atoms with Crippen LogP contribution in [0, 0.1) is 0 Å². The highest BCUT2D eigenvalue weighted by Crippen LogP contribution is 2.19. The number of hydrogen-bond donors (Lipinski definition) is 1. The number of nitrogens with two attached hydrogens (primary N) is 1. The number of Topliss-reactive ketones (excluding diaryl/α,β-unsaturated/α-hetero) is 1. The summed E-state index contributed by atoms with van der Waals surface area (Å²) >= 11 is 0. The molecule has 0 aromatic rings. The van der Waals surface area contributed by atoms with Crippen molar-refractivity contribution >= 4 is 5.78 Å². The van der Waals surface area contributed by atoms with E-state index in [0.717, 1.165) is 19.3 Å². The highest BCUT2D eigenvalue weighted by molar-refractivity contribution is 5.84. The molecule has 0 aromatic carbocycles. The minimum absolute atomic E-state index is 0.0504. The highest BCUT2D eigenvalue weighted by Gasteiger charge is 2.29. The van der Waals surface area contributed by atoms with Crippen LogP contribution in [0.3, 0.4) is 0 Å². The van der Waals surface area contributed by atoms with Crippen LogP contribution in [0.2, 0.25) is 0 Å². The van der Waals surface area contributed by atoms with Gasteiger partial charge in [0.15, 0.2) is 5.78 Å². The predicted octanol–water partition coefficient (Wildman–Crippen LogP) is 0.488. The first-order valence-corrected chi connectivity index (χ1v) is 5.24. The zero-order chi connectivity index (χ0) is 10.4. The van der Waals surface area contributed by atoms with E-state index >= 15 is 0 Å². The second-order valence-electron chi connectivity index (χ2n) is 3.58. The van der Waals surface area contributed by atoms with E-state index in [-0.39, 0.29) is 24.6 Å². The molecule has 1 saturated heterocycles. The fourth-order valence-electron chi connectivity index (χ4n) is 1.53. The van der Waals surface area contributed by atoms with Crippen LogP contribution in [0.25, 0.3) is 0 Å². The number of ketones is 1. The van der Waals surface area contributed by atoms with Crippen LogP contribution in [0.15, 0.2) is 0 Å². The first-order valence-electron chi connectivity index (χ1n) is 5.24. The van der Waals surface area contributed by atoms with E-state index in [4.69, 9.17) is 15.2 Å². The molecule has 1 rings (SSSR count). The summed E-state index contributed by atoms with van der Waals surface area (Å²) in [4.78, 5) is 11.5. The number of carbonyl (C=O) groups excluding carboxylic acids is 1. The maximum atomic E-state index is 11.5. The summed E-state index contributed by atoms with van der Waals surface area (Å²) in [5.41, 5.74) is 5.45. The van der Waals surface area contributed by atoms with Crippen molar-refractivity contribution in [3.05, 3.63) is 0 Å². The molecule has 2 unspecified atom stereocenters. The van der Waals surface area contributed by atoms with Crippen LogP contribution in [-0.4, -0.2) is 37.7 Å². The van der Waals surface area contributed by atoms with Crippen LogP contribution in [0.4, 0.5) is 0 Å². The zero-order valence-electron chi connectivity index (χ0n) is 8.70. The number of carbonyl (C=O) groups is 1. The molecule has 4 heteroatoms. The van der Waals surface area contributed by atoms with Gasteiger partial charge in [-0.2, -0.15) is 0 Å². The zero-order valence-corrected chi connectivity index (χ0v) is 8.70. The summed E-state index contributed by atoms with van der Waals surface area (Å²) in [5.74, 6) is 0.0504. The van der Waals surface area contributed by atoms with Crippen molar-refractivity contribution < 1.29 is 14.3 Å². The Bertz CT molecular complexity index is 184. The third kappa shape index (κ3) is 3.36. The van der Waals surface area contributed by atoms with Crippen molar-refractivity contribution in [2.45, 2.75) is 38.4 Å². The quantitative estimate of drug-likeness (QED) is 0.635. The van der Waals surface area contributed by atoms with Gasteiger partial charge in [0.2, 0.25) is 0 Å². The Morgan fingerprint density at radius 2 is 2.36 bits per heavy atom. The highest BCUT2D eigenvalue weighted by atomic mass is 16.5. The standard InChI is InChI=1S/C10H19NO3/c1-2-5-13-7-9(12)10-4-3-8(6-11)14-10/h8,10H,2-7,11H2,1H3. The van der Waals surface area contributed by atoms with Crippen LogP contribution in [0.1, 0.15) is 26.2 Å². The largest absolute Gasteiger partial charge is 0.374 e. The molecule has 1 heterocycles. The average molecular weight is 201 g/mol. The molecule has 0 aromatic heterocycles. The van der Waals surface area contributed by atoms with E-state index in [9.17, 15) is 4.79 Å². The third-order valence-electron chi connectivity index (χ3n) is 2.32. The Hall–Kier alpha value is -0.450. The monoisotopic (exact) mass is 201 g/mol. The molecular weight excluding hydrogens is 182 g/mol. The second kappa shape index (κ2) is 6.11. The minimum Gasteiger partial charge on any atom is -0.374 e. The van der Waals surface area contributed by atoms with Crippen molar-refractivity contribution in [1.29, 1.82) is 0 Å². The molecular formula is C10H19NO3. The van der Waals surface area contributed by atoms with Gasteiger partial charge < -0.3 is 15.2 Å². The lowest BCUT2D eigenvalue weighted by atomic mass is 10.1. The Morgan fingerprint density at radius 3 is 2.93 bits per heavy atom. The summed E-state index contributed by atoms with van der Waals surface area (Å²) in [7, 11) is 0. The van der Waals surface area contributed by atoms with E-state index in [1.807, 2.05) is 6.92 Å². The molecule has 4 nitrogen and oxygen atoms in total. The van der Waals surface area contributed by atoms with Crippen molar-refractivity contribution in [2.24, 2.45) is 5.73 Å². The smallest absolute Gasteiger partial charge is 0.187 e. The van der Waals surface area contributed by atoms with Crippen LogP contribution < -0.4 is 5.73 Å². The van der Waals surface area contributed by atoms with Crippen molar-refractivity contribution in [3.8, 4) is 0 Å². The van der Waals surface area contributed by atoms with Gasteiger partial charge in [0, 0.05) is 13.2 Å². The molecule has 2 atom stereocenters. The lowest BCUT2D eigenvalue weighted by Crippen LogP contribution is -2.27. The second-order valence-corrected chi connectivity index (χ2v) is 3.58. The van der Waals surface area contributed by atoms with E-state index < -0.39 is 0 Å². The van der Waals surface area contributed by atoms with Gasteiger partial charge in [-0.1, -0.05) is 6.92 Å². The molecule has 1 aliphatic heterocycles. The topological polar surface area (TPSA) is 61.5 Å². The van der Waals surface area contributed by atoms with Gasteiger partial charge in [0.05, 0.1) is 6.10 Å². The molecule has 14 heavy (non-hydrogen) atoms. The molecule has 1 fully saturated rings. The first-order chi connectivity index (χ1) is 6.77. The van der Waals surface area contributed by atoms with Gasteiger partial charge in [-0.05, 0) is 19.3 Å². The van der Waals surface area contributed by atoms with Gasteiger partial charge in [-0.25, -0.2) is 0 Å². The molecule has 0 amide bonds. The van der Waals surface area contributed by atoms with E-state index in [0.29, 0.717) is 13.2 Å². The van der Waals surface area contributed by atoms with E-state index in [2.05, 4.69) is 0 Å². The summed E-state index contributed by atoms with van der Waals surface area (Å²) < 4.78 is 10.6. The Labute approximate surface area is 84.7 Å². The molecule has 2 N–H and O–H groups in total. The van der Waals surface area contributed by atoms with Gasteiger partial charge in [0.25, 0.3) is 0 Å². The van der Waals surface area contributed by atoms with Gasteiger partial charge in [0.1, 0.15) is 12.7 Å². The van der Waals surface area contributed by atoms with E-state index in [1.165, 1.54) is 0 Å². The molecule has 0 radical (unpaired) electrons. The number of rotatable bonds is 6. The summed E-state index contributed by atoms with van der Waals surface area (Å²) in [6.07, 6.45) is 2.40. The number of hydrogen-bond acceptors (Lipinski definition) is 4. The average Bonchev–Trinajstić information content (AvgIpc) is 2.66. The first kappa shape index (κ1) is 11.6. The predicted molar refractivity (Wildman–Crippen MR) is 53.1 cm³/mol. The van der Waals surface area contributed by atoms with Gasteiger partial charge in [-0.15, -0.1) is 0 Å². The molecule has 82 valence electrons. The van der Waals surface area contributed by atoms with Crippen molar-refractivity contribution in [2.75, 3.05) is 19.8 Å². The molecule has 0 saturated carbocycles. The molecule has 0 spiro atoms.